The third-order valence-corrected chi connectivity index (χ3v) is 4.65. The molecule has 1 amide bonds. The Hall–Kier alpha value is -3.62. The molecule has 0 spiro atoms. The van der Waals surface area contributed by atoms with E-state index in [2.05, 4.69) is 10.1 Å². The van der Waals surface area contributed by atoms with Crippen molar-refractivity contribution in [2.45, 2.75) is 6.61 Å². The molecule has 0 unspecified atom stereocenters. The number of anilines is 1. The molecule has 1 fully saturated rings. The standard InChI is InChI=1S/C19H19N5O4/c25-18(26)15-12-20-24-7-6-16(21-17(15)24)22-8-10-23(11-9-22)19(27)28-13-14-4-2-1-3-5-14/h1-7,12H,8-11,13H2,(H,25,26). The molecule has 3 aromatic rings. The summed E-state index contributed by atoms with van der Waals surface area (Å²) >= 11 is 0. The molecule has 0 bridgehead atoms. The summed E-state index contributed by atoms with van der Waals surface area (Å²) in [4.78, 5) is 31.7. The molecular formula is C19H19N5O4. The zero-order valence-corrected chi connectivity index (χ0v) is 15.1. The van der Waals surface area contributed by atoms with E-state index in [1.807, 2.05) is 35.2 Å². The smallest absolute Gasteiger partial charge is 0.410 e. The highest BCUT2D eigenvalue weighted by molar-refractivity contribution is 5.94. The summed E-state index contributed by atoms with van der Waals surface area (Å²) in [6.45, 7) is 2.43. The van der Waals surface area contributed by atoms with E-state index in [1.165, 1.54) is 10.7 Å². The highest BCUT2D eigenvalue weighted by Gasteiger charge is 2.24. The van der Waals surface area contributed by atoms with Gasteiger partial charge in [0.05, 0.1) is 6.20 Å². The van der Waals surface area contributed by atoms with Crippen molar-refractivity contribution in [3.8, 4) is 0 Å². The number of carbonyl (C=O) groups is 2. The Morgan fingerprint density at radius 2 is 1.82 bits per heavy atom. The maximum atomic E-state index is 12.3. The lowest BCUT2D eigenvalue weighted by Gasteiger charge is -2.34. The topological polar surface area (TPSA) is 100 Å². The SMILES string of the molecule is O=C(O)c1cnn2ccc(N3CCN(C(=O)OCc4ccccc4)CC3)nc12. The minimum absolute atomic E-state index is 0.0602. The van der Waals surface area contributed by atoms with Crippen LogP contribution in [0.3, 0.4) is 0 Å². The maximum Gasteiger partial charge on any atom is 0.410 e. The Bertz CT molecular complexity index is 996. The largest absolute Gasteiger partial charge is 0.477 e. The van der Waals surface area contributed by atoms with E-state index < -0.39 is 5.97 Å². The van der Waals surface area contributed by atoms with Crippen LogP contribution < -0.4 is 4.90 Å². The molecule has 0 radical (unpaired) electrons. The van der Waals surface area contributed by atoms with E-state index in [0.29, 0.717) is 37.6 Å². The highest BCUT2D eigenvalue weighted by atomic mass is 16.6. The third-order valence-electron chi connectivity index (χ3n) is 4.65. The van der Waals surface area contributed by atoms with Crippen LogP contribution in [0.25, 0.3) is 5.65 Å². The van der Waals surface area contributed by atoms with Crippen molar-refractivity contribution in [3.05, 3.63) is 59.9 Å². The van der Waals surface area contributed by atoms with Crippen LogP contribution in [0.5, 0.6) is 0 Å². The van der Waals surface area contributed by atoms with Crippen LogP contribution in [0, 0.1) is 0 Å². The molecule has 1 saturated heterocycles. The highest BCUT2D eigenvalue weighted by Crippen LogP contribution is 2.17. The van der Waals surface area contributed by atoms with Crippen molar-refractivity contribution in [2.24, 2.45) is 0 Å². The number of piperazine rings is 1. The van der Waals surface area contributed by atoms with Crippen LogP contribution >= 0.6 is 0 Å². The van der Waals surface area contributed by atoms with Crippen LogP contribution in [0.2, 0.25) is 0 Å². The van der Waals surface area contributed by atoms with Crippen LogP contribution in [0.1, 0.15) is 15.9 Å². The van der Waals surface area contributed by atoms with Crippen molar-refractivity contribution in [1.29, 1.82) is 0 Å². The number of hydrogen-bond acceptors (Lipinski definition) is 6. The van der Waals surface area contributed by atoms with Crippen molar-refractivity contribution in [1.82, 2.24) is 19.5 Å². The number of nitrogens with zero attached hydrogens (tertiary/aromatic N) is 5. The minimum Gasteiger partial charge on any atom is -0.477 e. The Morgan fingerprint density at radius 1 is 1.07 bits per heavy atom. The number of aromatic carboxylic acids is 1. The molecule has 9 nitrogen and oxygen atoms in total. The summed E-state index contributed by atoms with van der Waals surface area (Å²) in [7, 11) is 0. The average molecular weight is 381 g/mol. The second-order valence-corrected chi connectivity index (χ2v) is 6.43. The quantitative estimate of drug-likeness (QED) is 0.736. The molecule has 3 heterocycles. The van der Waals surface area contributed by atoms with E-state index in [1.54, 1.807) is 17.2 Å². The number of carboxylic acid groups (broad SMARTS) is 1. The molecule has 144 valence electrons. The third kappa shape index (κ3) is 3.59. The number of carboxylic acids is 1. The molecule has 1 aromatic carbocycles. The van der Waals surface area contributed by atoms with Crippen molar-refractivity contribution >= 4 is 23.5 Å². The number of carbonyl (C=O) groups excluding carboxylic acids is 1. The van der Waals surface area contributed by atoms with Gasteiger partial charge in [-0.25, -0.2) is 19.1 Å². The summed E-state index contributed by atoms with van der Waals surface area (Å²) in [6, 6.07) is 11.3. The van der Waals surface area contributed by atoms with E-state index in [9.17, 15) is 14.7 Å². The van der Waals surface area contributed by atoms with E-state index >= 15 is 0 Å². The number of aromatic nitrogens is 3. The minimum atomic E-state index is -1.06. The Morgan fingerprint density at radius 3 is 2.54 bits per heavy atom. The molecule has 2 aromatic heterocycles. The van der Waals surface area contributed by atoms with Gasteiger partial charge in [-0.1, -0.05) is 30.3 Å². The lowest BCUT2D eigenvalue weighted by atomic mass is 10.2. The van der Waals surface area contributed by atoms with Crippen molar-refractivity contribution in [3.63, 3.8) is 0 Å². The molecule has 1 aliphatic rings. The number of hydrogen-bond donors (Lipinski definition) is 1. The summed E-state index contributed by atoms with van der Waals surface area (Å²) in [5.41, 5.74) is 1.31. The zero-order valence-electron chi connectivity index (χ0n) is 15.1. The first-order chi connectivity index (χ1) is 13.6. The summed E-state index contributed by atoms with van der Waals surface area (Å²) in [5.74, 6) is -0.404. The van der Waals surface area contributed by atoms with Gasteiger partial charge >= 0.3 is 12.1 Å². The van der Waals surface area contributed by atoms with Gasteiger partial charge in [0.1, 0.15) is 18.0 Å². The summed E-state index contributed by atoms with van der Waals surface area (Å²) < 4.78 is 6.81. The summed E-state index contributed by atoms with van der Waals surface area (Å²) in [5, 5.41) is 13.2. The second kappa shape index (κ2) is 7.55. The molecule has 4 rings (SSSR count). The number of benzene rings is 1. The van der Waals surface area contributed by atoms with Gasteiger partial charge < -0.3 is 19.6 Å². The Kier molecular flexibility index (Phi) is 4.79. The Labute approximate surface area is 160 Å². The fourth-order valence-electron chi connectivity index (χ4n) is 3.12. The Balaban J connectivity index is 1.37. The first-order valence-electron chi connectivity index (χ1n) is 8.90. The molecule has 9 heteroatoms. The average Bonchev–Trinajstić information content (AvgIpc) is 3.16. The molecule has 0 saturated carbocycles. The molecule has 0 aliphatic carbocycles. The fraction of sp³-hybridized carbons (Fsp3) is 0.263. The van der Waals surface area contributed by atoms with Crippen LogP contribution in [-0.2, 0) is 11.3 Å². The van der Waals surface area contributed by atoms with Crippen molar-refractivity contribution in [2.75, 3.05) is 31.1 Å². The fourth-order valence-corrected chi connectivity index (χ4v) is 3.12. The van der Waals surface area contributed by atoms with Crippen LogP contribution in [0.4, 0.5) is 10.6 Å². The number of fused-ring (bicyclic) bond motifs is 1. The lowest BCUT2D eigenvalue weighted by molar-refractivity contribution is 0.0698. The van der Waals surface area contributed by atoms with Gasteiger partial charge in [-0.15, -0.1) is 0 Å². The van der Waals surface area contributed by atoms with E-state index in [4.69, 9.17) is 4.74 Å². The predicted molar refractivity (Wildman–Crippen MR) is 100 cm³/mol. The van der Waals surface area contributed by atoms with Crippen LogP contribution in [-0.4, -0.2) is 62.8 Å². The lowest BCUT2D eigenvalue weighted by Crippen LogP contribution is -2.49. The number of ether oxygens (including phenoxy) is 1. The molecular weight excluding hydrogens is 362 g/mol. The van der Waals surface area contributed by atoms with Gasteiger partial charge in [0.25, 0.3) is 0 Å². The molecule has 1 aliphatic heterocycles. The van der Waals surface area contributed by atoms with Gasteiger partial charge in [0.15, 0.2) is 5.65 Å². The molecule has 0 atom stereocenters. The van der Waals surface area contributed by atoms with Crippen LogP contribution in [0.15, 0.2) is 48.8 Å². The molecule has 28 heavy (non-hydrogen) atoms. The first kappa shape index (κ1) is 17.8. The van der Waals surface area contributed by atoms with Gasteiger partial charge in [-0.3, -0.25) is 0 Å². The second-order valence-electron chi connectivity index (χ2n) is 6.43. The number of rotatable bonds is 4. The molecule has 1 N–H and O–H groups in total. The predicted octanol–water partition coefficient (Wildman–Crippen LogP) is 1.89. The zero-order chi connectivity index (χ0) is 19.5. The maximum absolute atomic E-state index is 12.3. The van der Waals surface area contributed by atoms with E-state index in [0.717, 1.165) is 5.56 Å². The van der Waals surface area contributed by atoms with E-state index in [-0.39, 0.29) is 18.3 Å². The van der Waals surface area contributed by atoms with Crippen molar-refractivity contribution < 1.29 is 19.4 Å². The summed E-state index contributed by atoms with van der Waals surface area (Å²) in [6.07, 6.45) is 2.63. The number of amides is 1. The van der Waals surface area contributed by atoms with Gasteiger partial charge in [-0.05, 0) is 11.6 Å². The van der Waals surface area contributed by atoms with Gasteiger partial charge in [-0.2, -0.15) is 5.10 Å². The normalized spacial score (nSPS) is 14.3. The first-order valence-corrected chi connectivity index (χ1v) is 8.90. The van der Waals surface area contributed by atoms with Gasteiger partial charge in [0, 0.05) is 32.4 Å². The van der Waals surface area contributed by atoms with Gasteiger partial charge in [0.2, 0.25) is 0 Å². The monoisotopic (exact) mass is 381 g/mol.